The van der Waals surface area contributed by atoms with E-state index in [1.807, 2.05) is 0 Å². The Morgan fingerprint density at radius 3 is 2.25 bits per heavy atom. The minimum absolute atomic E-state index is 0.176. The number of hydrogen-bond donors (Lipinski definition) is 1. The number of imide groups is 1. The molecule has 1 aromatic carbocycles. The molecule has 0 radical (unpaired) electrons. The maximum absolute atomic E-state index is 12.4. The molecule has 2 amide bonds. The van der Waals surface area contributed by atoms with Gasteiger partial charge in [0.1, 0.15) is 18.3 Å². The summed E-state index contributed by atoms with van der Waals surface area (Å²) >= 11 is 0. The third-order valence-corrected chi connectivity index (χ3v) is 4.16. The van der Waals surface area contributed by atoms with Crippen LogP contribution < -0.4 is 0 Å². The van der Waals surface area contributed by atoms with E-state index in [2.05, 4.69) is 0 Å². The molecule has 0 bridgehead atoms. The molecule has 104 valence electrons. The maximum atomic E-state index is 12.4. The summed E-state index contributed by atoms with van der Waals surface area (Å²) in [5, 5.41) is 9.73. The summed E-state index contributed by atoms with van der Waals surface area (Å²) in [6.45, 7) is 0.382. The molecule has 3 aliphatic heterocycles. The fourth-order valence-corrected chi connectivity index (χ4v) is 3.19. The topological polar surface area (TPSA) is 76.1 Å². The van der Waals surface area contributed by atoms with Gasteiger partial charge in [-0.3, -0.25) is 14.5 Å². The van der Waals surface area contributed by atoms with E-state index in [9.17, 15) is 14.7 Å². The highest BCUT2D eigenvalue weighted by molar-refractivity contribution is 6.21. The molecule has 0 aliphatic carbocycles. The van der Waals surface area contributed by atoms with Gasteiger partial charge in [0, 0.05) is 0 Å². The van der Waals surface area contributed by atoms with E-state index < -0.39 is 24.4 Å². The van der Waals surface area contributed by atoms with Gasteiger partial charge in [-0.15, -0.1) is 0 Å². The first-order chi connectivity index (χ1) is 9.68. The molecule has 4 atom stereocenters. The molecule has 6 nitrogen and oxygen atoms in total. The fourth-order valence-electron chi connectivity index (χ4n) is 3.19. The lowest BCUT2D eigenvalue weighted by Gasteiger charge is -2.24. The lowest BCUT2D eigenvalue weighted by Crippen LogP contribution is -2.47. The molecule has 0 aromatic heterocycles. The number of aliphatic hydroxyl groups excluding tert-OH is 1. The van der Waals surface area contributed by atoms with Crippen LogP contribution in [0.5, 0.6) is 0 Å². The SMILES string of the molecule is O=C1c2ccccc2C(=O)N1C1COC2C(O)COC21. The molecule has 1 aromatic rings. The van der Waals surface area contributed by atoms with Crippen molar-refractivity contribution in [1.82, 2.24) is 4.90 Å². The second-order valence-corrected chi connectivity index (χ2v) is 5.26. The summed E-state index contributed by atoms with van der Waals surface area (Å²) in [4.78, 5) is 26.0. The number of hydrogen-bond acceptors (Lipinski definition) is 5. The van der Waals surface area contributed by atoms with E-state index >= 15 is 0 Å². The minimum atomic E-state index is -0.694. The summed E-state index contributed by atoms with van der Waals surface area (Å²) < 4.78 is 11.0. The lowest BCUT2D eigenvalue weighted by molar-refractivity contribution is 0.0134. The van der Waals surface area contributed by atoms with Crippen LogP contribution in [0, 0.1) is 0 Å². The van der Waals surface area contributed by atoms with Crippen LogP contribution in [0.1, 0.15) is 20.7 Å². The summed E-state index contributed by atoms with van der Waals surface area (Å²) in [6, 6.07) is 6.29. The Kier molecular flexibility index (Phi) is 2.47. The zero-order chi connectivity index (χ0) is 13.9. The molecular weight excluding hydrogens is 262 g/mol. The minimum Gasteiger partial charge on any atom is -0.388 e. The third kappa shape index (κ3) is 1.44. The number of benzene rings is 1. The largest absolute Gasteiger partial charge is 0.388 e. The summed E-state index contributed by atoms with van der Waals surface area (Å²) in [6.07, 6.45) is -1.59. The summed E-state index contributed by atoms with van der Waals surface area (Å²) in [7, 11) is 0. The van der Waals surface area contributed by atoms with Crippen LogP contribution in [0.25, 0.3) is 0 Å². The zero-order valence-corrected chi connectivity index (χ0v) is 10.6. The summed E-state index contributed by atoms with van der Waals surface area (Å²) in [5.41, 5.74) is 0.832. The number of amides is 2. The van der Waals surface area contributed by atoms with Crippen LogP contribution in [0.4, 0.5) is 0 Å². The Labute approximate surface area is 114 Å². The average molecular weight is 275 g/mol. The highest BCUT2D eigenvalue weighted by atomic mass is 16.6. The van der Waals surface area contributed by atoms with Crippen LogP contribution in [-0.4, -0.2) is 59.4 Å². The quantitative estimate of drug-likeness (QED) is 0.719. The smallest absolute Gasteiger partial charge is 0.261 e. The lowest BCUT2D eigenvalue weighted by atomic mass is 10.1. The third-order valence-electron chi connectivity index (χ3n) is 4.16. The van der Waals surface area contributed by atoms with Gasteiger partial charge < -0.3 is 14.6 Å². The fraction of sp³-hybridized carbons (Fsp3) is 0.429. The van der Waals surface area contributed by atoms with Crippen molar-refractivity contribution in [3.63, 3.8) is 0 Å². The van der Waals surface area contributed by atoms with Gasteiger partial charge in [0.05, 0.1) is 30.4 Å². The van der Waals surface area contributed by atoms with Crippen LogP contribution >= 0.6 is 0 Å². The van der Waals surface area contributed by atoms with E-state index in [0.717, 1.165) is 0 Å². The van der Waals surface area contributed by atoms with Gasteiger partial charge in [0.25, 0.3) is 11.8 Å². The Bertz CT molecular complexity index is 566. The van der Waals surface area contributed by atoms with Crippen molar-refractivity contribution >= 4 is 11.8 Å². The second-order valence-electron chi connectivity index (χ2n) is 5.26. The van der Waals surface area contributed by atoms with Crippen molar-refractivity contribution in [2.75, 3.05) is 13.2 Å². The molecule has 3 aliphatic rings. The van der Waals surface area contributed by atoms with Crippen LogP contribution in [-0.2, 0) is 9.47 Å². The molecule has 6 heteroatoms. The van der Waals surface area contributed by atoms with Gasteiger partial charge >= 0.3 is 0 Å². The van der Waals surface area contributed by atoms with Crippen LogP contribution in [0.3, 0.4) is 0 Å². The van der Waals surface area contributed by atoms with Gasteiger partial charge in [-0.25, -0.2) is 0 Å². The monoisotopic (exact) mass is 275 g/mol. The highest BCUT2D eigenvalue weighted by Gasteiger charge is 2.53. The molecule has 1 N–H and O–H groups in total. The number of fused-ring (bicyclic) bond motifs is 2. The van der Waals surface area contributed by atoms with Crippen LogP contribution in [0.2, 0.25) is 0 Å². The second kappa shape index (κ2) is 4.12. The zero-order valence-electron chi connectivity index (χ0n) is 10.6. The van der Waals surface area contributed by atoms with Gasteiger partial charge in [-0.2, -0.15) is 0 Å². The maximum Gasteiger partial charge on any atom is 0.261 e. The van der Waals surface area contributed by atoms with E-state index in [-0.39, 0.29) is 25.0 Å². The molecule has 0 saturated carbocycles. The first-order valence-corrected chi connectivity index (χ1v) is 6.56. The van der Waals surface area contributed by atoms with E-state index in [0.29, 0.717) is 11.1 Å². The van der Waals surface area contributed by atoms with Gasteiger partial charge in [-0.05, 0) is 12.1 Å². The number of ether oxygens (including phenoxy) is 2. The first-order valence-electron chi connectivity index (χ1n) is 6.56. The number of aliphatic hydroxyl groups is 1. The average Bonchev–Trinajstić information content (AvgIpc) is 3.09. The molecule has 4 unspecified atom stereocenters. The number of carbonyl (C=O) groups excluding carboxylic acids is 2. The number of rotatable bonds is 1. The molecule has 20 heavy (non-hydrogen) atoms. The summed E-state index contributed by atoms with van der Waals surface area (Å²) in [5.74, 6) is -0.630. The van der Waals surface area contributed by atoms with Crippen molar-refractivity contribution in [3.05, 3.63) is 35.4 Å². The molecule has 4 rings (SSSR count). The van der Waals surface area contributed by atoms with E-state index in [4.69, 9.17) is 9.47 Å². The normalized spacial score (nSPS) is 35.5. The first kappa shape index (κ1) is 12.0. The van der Waals surface area contributed by atoms with E-state index in [1.54, 1.807) is 24.3 Å². The Hall–Kier alpha value is -1.76. The molecular formula is C14H13NO5. The number of carbonyl (C=O) groups is 2. The van der Waals surface area contributed by atoms with Crippen LogP contribution in [0.15, 0.2) is 24.3 Å². The van der Waals surface area contributed by atoms with Gasteiger partial charge in [0.2, 0.25) is 0 Å². The van der Waals surface area contributed by atoms with Crippen molar-refractivity contribution in [2.24, 2.45) is 0 Å². The van der Waals surface area contributed by atoms with Crippen molar-refractivity contribution in [3.8, 4) is 0 Å². The molecule has 2 fully saturated rings. The highest BCUT2D eigenvalue weighted by Crippen LogP contribution is 2.34. The van der Waals surface area contributed by atoms with Crippen molar-refractivity contribution in [2.45, 2.75) is 24.4 Å². The van der Waals surface area contributed by atoms with Gasteiger partial charge in [0.15, 0.2) is 0 Å². The number of nitrogens with zero attached hydrogens (tertiary/aromatic N) is 1. The van der Waals surface area contributed by atoms with Crippen molar-refractivity contribution < 1.29 is 24.2 Å². The van der Waals surface area contributed by atoms with Crippen molar-refractivity contribution in [1.29, 1.82) is 0 Å². The van der Waals surface area contributed by atoms with Gasteiger partial charge in [-0.1, -0.05) is 12.1 Å². The molecule has 0 spiro atoms. The predicted octanol–water partition coefficient (Wildman–Crippen LogP) is -0.190. The Morgan fingerprint density at radius 2 is 1.60 bits per heavy atom. The predicted molar refractivity (Wildman–Crippen MR) is 66.2 cm³/mol. The molecule has 3 heterocycles. The van der Waals surface area contributed by atoms with E-state index in [1.165, 1.54) is 4.90 Å². The Balaban J connectivity index is 1.68. The Morgan fingerprint density at radius 1 is 1.00 bits per heavy atom. The standard InChI is InChI=1S/C14H13NO5/c16-10-6-20-11-9(5-19-12(10)11)15-13(17)7-3-1-2-4-8(7)14(15)18/h1-4,9-12,16H,5-6H2. The molecule has 2 saturated heterocycles.